The molecule has 0 bridgehead atoms. The van der Waals surface area contributed by atoms with Crippen LogP contribution in [0, 0.1) is 0 Å². The third-order valence-electron chi connectivity index (χ3n) is 3.41. The molecule has 0 spiro atoms. The van der Waals surface area contributed by atoms with E-state index in [9.17, 15) is 0 Å². The van der Waals surface area contributed by atoms with Crippen molar-refractivity contribution in [2.75, 3.05) is 0 Å². The quantitative estimate of drug-likeness (QED) is 0.472. The zero-order chi connectivity index (χ0) is 12.1. The number of hydrogen-bond acceptors (Lipinski definition) is 1. The molecule has 0 aliphatic heterocycles. The average Bonchev–Trinajstić information content (AvgIpc) is 3.02. The molecule has 3 aromatic rings. The van der Waals surface area contributed by atoms with Gasteiger partial charge in [-0.3, -0.25) is 0 Å². The number of rotatable bonds is 1. The Labute approximate surface area is 118 Å². The molecular weight excluding hydrogens is 306 g/mol. The Morgan fingerprint density at radius 2 is 1.94 bits per heavy atom. The van der Waals surface area contributed by atoms with Crippen LogP contribution in [0.4, 0.5) is 0 Å². The molecule has 1 aromatic carbocycles. The minimum atomic E-state index is 1.07. The summed E-state index contributed by atoms with van der Waals surface area (Å²) >= 11 is 5.50. The second-order valence-corrected chi connectivity index (χ2v) is 6.32. The molecule has 0 atom stereocenters. The first-order valence-electron chi connectivity index (χ1n) is 5.85. The summed E-state index contributed by atoms with van der Waals surface area (Å²) in [6.07, 6.45) is 5.57. The number of para-hydroxylation sites is 1. The molecule has 2 aromatic heterocycles. The van der Waals surface area contributed by atoms with Crippen molar-refractivity contribution in [3.63, 3.8) is 0 Å². The minimum Gasteiger partial charge on any atom is -0.323 e. The van der Waals surface area contributed by atoms with Gasteiger partial charge in [0.1, 0.15) is 0 Å². The zero-order valence-corrected chi connectivity index (χ0v) is 12.0. The number of aromatic nitrogens is 1. The van der Waals surface area contributed by atoms with E-state index in [0.29, 0.717) is 0 Å². The van der Waals surface area contributed by atoms with Gasteiger partial charge < -0.3 is 4.57 Å². The SMILES string of the molecule is Brc1csc2c1-c1cn(-c3ccccc3)cc1C2. The highest BCUT2D eigenvalue weighted by atomic mass is 79.9. The Balaban J connectivity index is 1.88. The molecule has 0 saturated heterocycles. The van der Waals surface area contributed by atoms with Gasteiger partial charge in [0, 0.05) is 50.4 Å². The molecule has 1 nitrogen and oxygen atoms in total. The predicted octanol–water partition coefficient (Wildman–Crippen LogP) is 4.87. The number of benzene rings is 1. The van der Waals surface area contributed by atoms with Crippen LogP contribution in [-0.4, -0.2) is 4.57 Å². The molecule has 88 valence electrons. The summed E-state index contributed by atoms with van der Waals surface area (Å²) in [7, 11) is 0. The van der Waals surface area contributed by atoms with Crippen LogP contribution in [0.5, 0.6) is 0 Å². The summed E-state index contributed by atoms with van der Waals surface area (Å²) in [6.45, 7) is 0. The summed E-state index contributed by atoms with van der Waals surface area (Å²) in [6, 6.07) is 10.5. The fourth-order valence-corrected chi connectivity index (χ4v) is 4.37. The molecule has 0 radical (unpaired) electrons. The third-order valence-corrected chi connectivity index (χ3v) is 5.32. The van der Waals surface area contributed by atoms with E-state index in [1.807, 2.05) is 17.4 Å². The van der Waals surface area contributed by atoms with E-state index in [0.717, 1.165) is 6.42 Å². The summed E-state index contributed by atoms with van der Waals surface area (Å²) < 4.78 is 3.45. The smallest absolute Gasteiger partial charge is 0.0449 e. The van der Waals surface area contributed by atoms with E-state index in [1.54, 1.807) is 0 Å². The topological polar surface area (TPSA) is 4.93 Å². The van der Waals surface area contributed by atoms with Crippen molar-refractivity contribution in [3.05, 3.63) is 63.0 Å². The van der Waals surface area contributed by atoms with Gasteiger partial charge in [0.2, 0.25) is 0 Å². The molecule has 3 heteroatoms. The zero-order valence-electron chi connectivity index (χ0n) is 9.56. The lowest BCUT2D eigenvalue weighted by Crippen LogP contribution is -1.89. The molecule has 1 aliphatic rings. The van der Waals surface area contributed by atoms with Crippen molar-refractivity contribution < 1.29 is 0 Å². The Hall–Kier alpha value is -1.32. The minimum absolute atomic E-state index is 1.07. The standard InChI is InChI=1S/C15H10BrNS/c16-13-9-18-14-6-10-7-17(8-12(10)15(13)14)11-4-2-1-3-5-11/h1-5,7-9H,6H2. The first-order valence-corrected chi connectivity index (χ1v) is 7.53. The molecule has 2 heterocycles. The second kappa shape index (κ2) is 3.84. The highest BCUT2D eigenvalue weighted by molar-refractivity contribution is 9.10. The molecule has 0 saturated carbocycles. The maximum atomic E-state index is 3.65. The van der Waals surface area contributed by atoms with Crippen LogP contribution in [0.3, 0.4) is 0 Å². The fraction of sp³-hybridized carbons (Fsp3) is 0.0667. The van der Waals surface area contributed by atoms with Crippen LogP contribution in [0.15, 0.2) is 52.6 Å². The summed E-state index contributed by atoms with van der Waals surface area (Å²) in [4.78, 5) is 1.48. The summed E-state index contributed by atoms with van der Waals surface area (Å²) in [5, 5.41) is 2.19. The van der Waals surface area contributed by atoms with E-state index < -0.39 is 0 Å². The van der Waals surface area contributed by atoms with Gasteiger partial charge in [-0.05, 0) is 33.6 Å². The first kappa shape index (κ1) is 10.6. The molecule has 0 N–H and O–H groups in total. The van der Waals surface area contributed by atoms with E-state index in [-0.39, 0.29) is 0 Å². The largest absolute Gasteiger partial charge is 0.323 e. The van der Waals surface area contributed by atoms with Crippen LogP contribution < -0.4 is 0 Å². The van der Waals surface area contributed by atoms with Gasteiger partial charge in [-0.15, -0.1) is 11.3 Å². The average molecular weight is 316 g/mol. The van der Waals surface area contributed by atoms with Crippen molar-refractivity contribution in [1.82, 2.24) is 4.57 Å². The summed E-state index contributed by atoms with van der Waals surface area (Å²) in [5.74, 6) is 0. The Bertz CT molecular complexity index is 724. The number of thiophene rings is 1. The second-order valence-electron chi connectivity index (χ2n) is 4.50. The Morgan fingerprint density at radius 3 is 2.78 bits per heavy atom. The van der Waals surface area contributed by atoms with Crippen LogP contribution in [0.25, 0.3) is 16.8 Å². The van der Waals surface area contributed by atoms with Crippen LogP contribution in [0.2, 0.25) is 0 Å². The molecule has 4 rings (SSSR count). The molecule has 0 amide bonds. The van der Waals surface area contributed by atoms with E-state index in [1.165, 1.54) is 31.7 Å². The van der Waals surface area contributed by atoms with E-state index in [4.69, 9.17) is 0 Å². The van der Waals surface area contributed by atoms with Crippen LogP contribution >= 0.6 is 27.3 Å². The number of fused-ring (bicyclic) bond motifs is 3. The van der Waals surface area contributed by atoms with E-state index >= 15 is 0 Å². The summed E-state index contributed by atoms with van der Waals surface area (Å²) in [5.41, 5.74) is 5.42. The monoisotopic (exact) mass is 315 g/mol. The lowest BCUT2D eigenvalue weighted by atomic mass is 10.2. The molecular formula is C15H10BrNS. The molecule has 0 fully saturated rings. The molecule has 18 heavy (non-hydrogen) atoms. The van der Waals surface area contributed by atoms with Gasteiger partial charge in [-0.2, -0.15) is 0 Å². The van der Waals surface area contributed by atoms with Gasteiger partial charge in [-0.1, -0.05) is 18.2 Å². The highest BCUT2D eigenvalue weighted by Gasteiger charge is 2.24. The van der Waals surface area contributed by atoms with Gasteiger partial charge in [0.25, 0.3) is 0 Å². The number of hydrogen-bond donors (Lipinski definition) is 0. The van der Waals surface area contributed by atoms with Crippen molar-refractivity contribution in [2.45, 2.75) is 6.42 Å². The lowest BCUT2D eigenvalue weighted by Gasteiger charge is -2.02. The molecule has 0 unspecified atom stereocenters. The van der Waals surface area contributed by atoms with Crippen LogP contribution in [0.1, 0.15) is 10.4 Å². The van der Waals surface area contributed by atoms with Gasteiger partial charge in [0.15, 0.2) is 0 Å². The fourth-order valence-electron chi connectivity index (χ4n) is 2.57. The van der Waals surface area contributed by atoms with Crippen molar-refractivity contribution in [2.24, 2.45) is 0 Å². The maximum Gasteiger partial charge on any atom is 0.0449 e. The van der Waals surface area contributed by atoms with Crippen molar-refractivity contribution >= 4 is 27.3 Å². The normalized spacial score (nSPS) is 12.5. The van der Waals surface area contributed by atoms with Crippen molar-refractivity contribution in [3.8, 4) is 16.8 Å². The number of nitrogens with zero attached hydrogens (tertiary/aromatic N) is 1. The lowest BCUT2D eigenvalue weighted by molar-refractivity contribution is 1.07. The Morgan fingerprint density at radius 1 is 1.11 bits per heavy atom. The van der Waals surface area contributed by atoms with Crippen molar-refractivity contribution in [1.29, 1.82) is 0 Å². The Kier molecular flexibility index (Phi) is 2.26. The molecule has 1 aliphatic carbocycles. The van der Waals surface area contributed by atoms with Gasteiger partial charge >= 0.3 is 0 Å². The van der Waals surface area contributed by atoms with Gasteiger partial charge in [0.05, 0.1) is 0 Å². The maximum absolute atomic E-state index is 3.65. The van der Waals surface area contributed by atoms with Crippen LogP contribution in [-0.2, 0) is 6.42 Å². The first-order chi connectivity index (χ1) is 8.83. The number of halogens is 1. The predicted molar refractivity (Wildman–Crippen MR) is 79.6 cm³/mol. The highest BCUT2D eigenvalue weighted by Crippen LogP contribution is 2.45. The van der Waals surface area contributed by atoms with Gasteiger partial charge in [-0.25, -0.2) is 0 Å². The third kappa shape index (κ3) is 1.44. The van der Waals surface area contributed by atoms with E-state index in [2.05, 4.69) is 62.5 Å².